The molecule has 1 aromatic carbocycles. The fourth-order valence-corrected chi connectivity index (χ4v) is 2.88. The summed E-state index contributed by atoms with van der Waals surface area (Å²) >= 11 is 0. The van der Waals surface area contributed by atoms with Crippen LogP contribution in [0.25, 0.3) is 6.08 Å². The number of carbonyl (C=O) groups excluding carboxylic acids is 1. The van der Waals surface area contributed by atoms with Gasteiger partial charge in [0.25, 0.3) is 0 Å². The van der Waals surface area contributed by atoms with Crippen LogP contribution in [0.2, 0.25) is 0 Å². The lowest BCUT2D eigenvalue weighted by atomic mass is 10.2. The van der Waals surface area contributed by atoms with Crippen molar-refractivity contribution in [1.29, 1.82) is 0 Å². The highest BCUT2D eigenvalue weighted by molar-refractivity contribution is 5.91. The van der Waals surface area contributed by atoms with E-state index in [0.29, 0.717) is 5.92 Å². The highest BCUT2D eigenvalue weighted by Crippen LogP contribution is 2.32. The largest absolute Gasteiger partial charge is 0.392 e. The van der Waals surface area contributed by atoms with Crippen LogP contribution < -0.4 is 0 Å². The summed E-state index contributed by atoms with van der Waals surface area (Å²) in [6, 6.07) is 9.87. The summed E-state index contributed by atoms with van der Waals surface area (Å²) in [4.78, 5) is 16.3. The van der Waals surface area contributed by atoms with Gasteiger partial charge in [-0.2, -0.15) is 0 Å². The second kappa shape index (κ2) is 7.07. The highest BCUT2D eigenvalue weighted by atomic mass is 16.3. The lowest BCUT2D eigenvalue weighted by molar-refractivity contribution is -0.127. The van der Waals surface area contributed by atoms with Gasteiger partial charge in [-0.15, -0.1) is 0 Å². The van der Waals surface area contributed by atoms with Crippen LogP contribution in [0, 0.1) is 5.92 Å². The topological polar surface area (TPSA) is 43.8 Å². The summed E-state index contributed by atoms with van der Waals surface area (Å²) < 4.78 is 0. The fraction of sp³-hybridized carbons (Fsp3) is 0.500. The molecular formula is C18H24N2O2. The molecule has 2 aliphatic rings. The number of hydrogen-bond donors (Lipinski definition) is 1. The first-order valence-electron chi connectivity index (χ1n) is 8.15. The molecule has 1 aliphatic carbocycles. The Hall–Kier alpha value is -1.65. The zero-order valence-corrected chi connectivity index (χ0v) is 12.9. The molecular weight excluding hydrogens is 276 g/mol. The van der Waals surface area contributed by atoms with E-state index in [1.807, 2.05) is 41.3 Å². The predicted octanol–water partition coefficient (Wildman–Crippen LogP) is 1.61. The molecule has 22 heavy (non-hydrogen) atoms. The van der Waals surface area contributed by atoms with E-state index in [4.69, 9.17) is 0 Å². The zero-order chi connectivity index (χ0) is 15.4. The number of benzene rings is 1. The van der Waals surface area contributed by atoms with Crippen molar-refractivity contribution in [3.63, 3.8) is 0 Å². The number of carbonyl (C=O) groups is 1. The molecule has 2 fully saturated rings. The second-order valence-corrected chi connectivity index (χ2v) is 6.27. The Balaban J connectivity index is 1.44. The quantitative estimate of drug-likeness (QED) is 0.840. The monoisotopic (exact) mass is 300 g/mol. The summed E-state index contributed by atoms with van der Waals surface area (Å²) in [6.45, 7) is 3.96. The molecule has 118 valence electrons. The average molecular weight is 300 g/mol. The summed E-state index contributed by atoms with van der Waals surface area (Å²) in [5.41, 5.74) is 1.04. The number of hydrogen-bond acceptors (Lipinski definition) is 3. The minimum Gasteiger partial charge on any atom is -0.392 e. The number of β-amino-alcohol motifs (C(OH)–C–C–N with tert-alkyl or cyclic N) is 1. The van der Waals surface area contributed by atoms with Crippen LogP contribution >= 0.6 is 0 Å². The third-order valence-electron chi connectivity index (χ3n) is 4.51. The Kier molecular flexibility index (Phi) is 4.90. The van der Waals surface area contributed by atoms with Crippen molar-refractivity contribution in [2.75, 3.05) is 32.7 Å². The Morgan fingerprint density at radius 2 is 1.86 bits per heavy atom. The molecule has 1 unspecified atom stereocenters. The van der Waals surface area contributed by atoms with E-state index >= 15 is 0 Å². The van der Waals surface area contributed by atoms with Crippen molar-refractivity contribution in [3.8, 4) is 0 Å². The van der Waals surface area contributed by atoms with Gasteiger partial charge in [0.2, 0.25) is 5.91 Å². The molecule has 4 nitrogen and oxygen atoms in total. The number of amides is 1. The van der Waals surface area contributed by atoms with E-state index in [2.05, 4.69) is 4.90 Å². The van der Waals surface area contributed by atoms with Crippen molar-refractivity contribution >= 4 is 12.0 Å². The lowest BCUT2D eigenvalue weighted by Gasteiger charge is -2.35. The number of aliphatic hydroxyl groups is 1. The van der Waals surface area contributed by atoms with Crippen molar-refractivity contribution in [3.05, 3.63) is 42.0 Å². The van der Waals surface area contributed by atoms with E-state index < -0.39 is 0 Å². The average Bonchev–Trinajstić information content (AvgIpc) is 3.39. The standard InChI is InChI=1S/C18H24N2O2/c21-17(16-7-8-16)14-19-10-12-20(13-11-19)18(22)9-6-15-4-2-1-3-5-15/h1-6,9,16-17,21H,7-8,10-14H2/b9-6+. The maximum atomic E-state index is 12.2. The van der Waals surface area contributed by atoms with Gasteiger partial charge < -0.3 is 10.0 Å². The number of aliphatic hydroxyl groups excluding tert-OH is 1. The Morgan fingerprint density at radius 3 is 2.50 bits per heavy atom. The maximum absolute atomic E-state index is 12.2. The Morgan fingerprint density at radius 1 is 1.18 bits per heavy atom. The van der Waals surface area contributed by atoms with Crippen molar-refractivity contribution < 1.29 is 9.90 Å². The van der Waals surface area contributed by atoms with Gasteiger partial charge in [-0.3, -0.25) is 9.69 Å². The smallest absolute Gasteiger partial charge is 0.246 e. The van der Waals surface area contributed by atoms with Gasteiger partial charge >= 0.3 is 0 Å². The molecule has 1 heterocycles. The molecule has 0 bridgehead atoms. The first-order chi connectivity index (χ1) is 10.7. The summed E-state index contributed by atoms with van der Waals surface area (Å²) in [7, 11) is 0. The van der Waals surface area contributed by atoms with Crippen LogP contribution in [-0.4, -0.2) is 59.6 Å². The van der Waals surface area contributed by atoms with Gasteiger partial charge in [0.05, 0.1) is 6.10 Å². The van der Waals surface area contributed by atoms with Gasteiger partial charge in [-0.1, -0.05) is 30.3 Å². The van der Waals surface area contributed by atoms with Gasteiger partial charge in [0.1, 0.15) is 0 Å². The first-order valence-corrected chi connectivity index (χ1v) is 8.15. The molecule has 1 saturated carbocycles. The molecule has 1 aliphatic heterocycles. The van der Waals surface area contributed by atoms with Crippen LogP contribution in [0.15, 0.2) is 36.4 Å². The molecule has 1 aromatic rings. The fourth-order valence-electron chi connectivity index (χ4n) is 2.88. The normalized spacial score (nSPS) is 21.2. The van der Waals surface area contributed by atoms with Crippen LogP contribution in [0.3, 0.4) is 0 Å². The summed E-state index contributed by atoms with van der Waals surface area (Å²) in [5, 5.41) is 9.99. The van der Waals surface area contributed by atoms with E-state index in [1.54, 1.807) is 6.08 Å². The molecule has 1 saturated heterocycles. The molecule has 0 aromatic heterocycles. The number of nitrogens with zero attached hydrogens (tertiary/aromatic N) is 2. The first kappa shape index (κ1) is 15.3. The van der Waals surface area contributed by atoms with E-state index in [1.165, 1.54) is 12.8 Å². The zero-order valence-electron chi connectivity index (χ0n) is 12.9. The van der Waals surface area contributed by atoms with Crippen LogP contribution in [-0.2, 0) is 4.79 Å². The van der Waals surface area contributed by atoms with E-state index in [9.17, 15) is 9.90 Å². The molecule has 1 atom stereocenters. The highest BCUT2D eigenvalue weighted by Gasteiger charge is 2.31. The SMILES string of the molecule is O=C(/C=C/c1ccccc1)N1CCN(CC(O)C2CC2)CC1. The molecule has 0 spiro atoms. The van der Waals surface area contributed by atoms with Gasteiger partial charge in [-0.25, -0.2) is 0 Å². The van der Waals surface area contributed by atoms with Crippen LogP contribution in [0.5, 0.6) is 0 Å². The second-order valence-electron chi connectivity index (χ2n) is 6.27. The number of piperazine rings is 1. The van der Waals surface area contributed by atoms with Crippen molar-refractivity contribution in [1.82, 2.24) is 9.80 Å². The Bertz CT molecular complexity index is 517. The van der Waals surface area contributed by atoms with Gasteiger partial charge in [0.15, 0.2) is 0 Å². The van der Waals surface area contributed by atoms with Crippen LogP contribution in [0.4, 0.5) is 0 Å². The predicted molar refractivity (Wildman–Crippen MR) is 87.2 cm³/mol. The number of rotatable bonds is 5. The maximum Gasteiger partial charge on any atom is 0.246 e. The molecule has 0 radical (unpaired) electrons. The molecule has 1 N–H and O–H groups in total. The summed E-state index contributed by atoms with van der Waals surface area (Å²) in [5.74, 6) is 0.597. The van der Waals surface area contributed by atoms with Crippen LogP contribution in [0.1, 0.15) is 18.4 Å². The molecule has 4 heteroatoms. The van der Waals surface area contributed by atoms with Gasteiger partial charge in [0, 0.05) is 38.8 Å². The van der Waals surface area contributed by atoms with E-state index in [-0.39, 0.29) is 12.0 Å². The molecule has 3 rings (SSSR count). The third-order valence-corrected chi connectivity index (χ3v) is 4.51. The minimum absolute atomic E-state index is 0.0752. The molecule has 1 amide bonds. The lowest BCUT2D eigenvalue weighted by Crippen LogP contribution is -2.50. The van der Waals surface area contributed by atoms with Crippen molar-refractivity contribution in [2.24, 2.45) is 5.92 Å². The summed E-state index contributed by atoms with van der Waals surface area (Å²) in [6.07, 6.45) is 5.68. The van der Waals surface area contributed by atoms with E-state index in [0.717, 1.165) is 38.3 Å². The minimum atomic E-state index is -0.180. The third kappa shape index (κ3) is 4.18. The van der Waals surface area contributed by atoms with Gasteiger partial charge in [-0.05, 0) is 30.4 Å². The Labute approximate surface area is 132 Å². The van der Waals surface area contributed by atoms with Crippen molar-refractivity contribution in [2.45, 2.75) is 18.9 Å².